The largest absolute Gasteiger partial charge is 0.333 e. The molecule has 1 aliphatic rings. The van der Waals surface area contributed by atoms with Crippen LogP contribution in [-0.4, -0.2) is 33.6 Å². The van der Waals surface area contributed by atoms with Gasteiger partial charge < -0.3 is 10.3 Å². The predicted molar refractivity (Wildman–Crippen MR) is 78.9 cm³/mol. The molecule has 0 amide bonds. The minimum atomic E-state index is 0.225. The van der Waals surface area contributed by atoms with Gasteiger partial charge in [-0.3, -0.25) is 4.90 Å². The van der Waals surface area contributed by atoms with E-state index in [0.717, 1.165) is 26.1 Å². The Kier molecular flexibility index (Phi) is 4.99. The number of likely N-dealkylation sites (tertiary alicyclic amines) is 1. The molecule has 4 heteroatoms. The van der Waals surface area contributed by atoms with Gasteiger partial charge in [-0.15, -0.1) is 0 Å². The summed E-state index contributed by atoms with van der Waals surface area (Å²) in [6.45, 7) is 9.97. The number of rotatable bonds is 4. The summed E-state index contributed by atoms with van der Waals surface area (Å²) in [5.41, 5.74) is 7.77. The lowest BCUT2D eigenvalue weighted by Crippen LogP contribution is -2.42. The lowest BCUT2D eigenvalue weighted by molar-refractivity contribution is 0.159. The van der Waals surface area contributed by atoms with E-state index in [2.05, 4.69) is 35.2 Å². The van der Waals surface area contributed by atoms with Crippen molar-refractivity contribution in [1.29, 1.82) is 0 Å². The van der Waals surface area contributed by atoms with Gasteiger partial charge in [-0.1, -0.05) is 20.3 Å². The molecular weight excluding hydrogens is 236 g/mol. The Bertz CT molecular complexity index is 385. The molecule has 2 heterocycles. The summed E-state index contributed by atoms with van der Waals surface area (Å²) in [4.78, 5) is 6.90. The molecule has 2 rings (SSSR count). The van der Waals surface area contributed by atoms with E-state index >= 15 is 0 Å². The average Bonchev–Trinajstić information content (AvgIpc) is 2.75. The number of hydrogen-bond donors (Lipinski definition) is 1. The molecule has 0 radical (unpaired) electrons. The molecule has 2 N–H and O–H groups in total. The van der Waals surface area contributed by atoms with Crippen LogP contribution in [0.2, 0.25) is 0 Å². The molecule has 0 spiro atoms. The summed E-state index contributed by atoms with van der Waals surface area (Å²) in [6.07, 6.45) is 7.56. The maximum absolute atomic E-state index is 6.48. The van der Waals surface area contributed by atoms with Gasteiger partial charge in [0.15, 0.2) is 0 Å². The topological polar surface area (TPSA) is 47.1 Å². The Hall–Kier alpha value is -0.870. The van der Waals surface area contributed by atoms with Crippen LogP contribution in [0.3, 0.4) is 0 Å². The van der Waals surface area contributed by atoms with E-state index in [0.29, 0.717) is 12.0 Å². The molecule has 0 saturated carbocycles. The first kappa shape index (κ1) is 14.5. The third kappa shape index (κ3) is 3.37. The van der Waals surface area contributed by atoms with Crippen LogP contribution in [0.15, 0.2) is 12.5 Å². The number of imidazole rings is 1. The van der Waals surface area contributed by atoms with Crippen molar-refractivity contribution in [3.05, 3.63) is 18.2 Å². The van der Waals surface area contributed by atoms with Crippen LogP contribution in [0.4, 0.5) is 0 Å². The van der Waals surface area contributed by atoms with Gasteiger partial charge in [0.1, 0.15) is 0 Å². The molecule has 1 aromatic rings. The van der Waals surface area contributed by atoms with Crippen LogP contribution >= 0.6 is 0 Å². The molecule has 0 bridgehead atoms. The van der Waals surface area contributed by atoms with Crippen LogP contribution in [0.5, 0.6) is 0 Å². The Labute approximate surface area is 117 Å². The van der Waals surface area contributed by atoms with Crippen LogP contribution in [-0.2, 0) is 6.54 Å². The van der Waals surface area contributed by atoms with Gasteiger partial charge in [0.05, 0.1) is 18.1 Å². The molecule has 4 nitrogen and oxygen atoms in total. The summed E-state index contributed by atoms with van der Waals surface area (Å²) in [7, 11) is 0. The standard InChI is InChI=1S/C15H28N4/c1-4-18-11-17-9-14(18)15-13(16)7-5-6-8-19(15)10-12(2)3/h9,11-13,15H,4-8,10,16H2,1-3H3. The highest BCUT2D eigenvalue weighted by molar-refractivity contribution is 5.10. The lowest BCUT2D eigenvalue weighted by atomic mass is 10.0. The zero-order chi connectivity index (χ0) is 13.8. The van der Waals surface area contributed by atoms with Crippen LogP contribution < -0.4 is 5.73 Å². The summed E-state index contributed by atoms with van der Waals surface area (Å²) in [6, 6.07) is 0.551. The van der Waals surface area contributed by atoms with E-state index in [4.69, 9.17) is 5.73 Å². The van der Waals surface area contributed by atoms with Crippen LogP contribution in [0, 0.1) is 5.92 Å². The first-order valence-electron chi connectivity index (χ1n) is 7.63. The SMILES string of the molecule is CCn1cncc1C1C(N)CCCCN1CC(C)C. The van der Waals surface area contributed by atoms with Crippen molar-refractivity contribution in [2.45, 2.75) is 58.7 Å². The fourth-order valence-electron chi connectivity index (χ4n) is 3.18. The zero-order valence-electron chi connectivity index (χ0n) is 12.5. The van der Waals surface area contributed by atoms with Crippen LogP contribution in [0.1, 0.15) is 51.8 Å². The molecule has 0 aliphatic carbocycles. The molecule has 1 aliphatic heterocycles. The maximum Gasteiger partial charge on any atom is 0.0948 e. The van der Waals surface area contributed by atoms with Crippen molar-refractivity contribution in [2.75, 3.05) is 13.1 Å². The summed E-state index contributed by atoms with van der Waals surface area (Å²) in [5.74, 6) is 0.672. The third-order valence-electron chi connectivity index (χ3n) is 4.02. The molecule has 1 aromatic heterocycles. The Morgan fingerprint density at radius 2 is 2.21 bits per heavy atom. The molecule has 0 aromatic carbocycles. The number of nitrogens with zero attached hydrogens (tertiary/aromatic N) is 3. The molecule has 2 unspecified atom stereocenters. The Balaban J connectivity index is 2.28. The van der Waals surface area contributed by atoms with Gasteiger partial charge in [0, 0.05) is 25.3 Å². The van der Waals surface area contributed by atoms with Gasteiger partial charge >= 0.3 is 0 Å². The normalized spacial score (nSPS) is 25.7. The van der Waals surface area contributed by atoms with E-state index in [1.165, 1.54) is 18.5 Å². The molecule has 108 valence electrons. The minimum absolute atomic E-state index is 0.225. The second-order valence-corrected chi connectivity index (χ2v) is 6.10. The van der Waals surface area contributed by atoms with Gasteiger partial charge in [0.25, 0.3) is 0 Å². The number of hydrogen-bond acceptors (Lipinski definition) is 3. The lowest BCUT2D eigenvalue weighted by Gasteiger charge is -2.34. The fraction of sp³-hybridized carbons (Fsp3) is 0.800. The van der Waals surface area contributed by atoms with E-state index < -0.39 is 0 Å². The molecule has 1 saturated heterocycles. The molecular formula is C15H28N4. The smallest absolute Gasteiger partial charge is 0.0948 e. The quantitative estimate of drug-likeness (QED) is 0.908. The molecule has 1 fully saturated rings. The van der Waals surface area contributed by atoms with Crippen LogP contribution in [0.25, 0.3) is 0 Å². The first-order valence-corrected chi connectivity index (χ1v) is 7.63. The number of nitrogens with two attached hydrogens (primary N) is 1. The van der Waals surface area contributed by atoms with Crippen molar-refractivity contribution < 1.29 is 0 Å². The van der Waals surface area contributed by atoms with Crippen molar-refractivity contribution >= 4 is 0 Å². The van der Waals surface area contributed by atoms with Gasteiger partial charge in [-0.2, -0.15) is 0 Å². The first-order chi connectivity index (χ1) is 9.13. The second-order valence-electron chi connectivity index (χ2n) is 6.10. The van der Waals surface area contributed by atoms with Crippen molar-refractivity contribution in [2.24, 2.45) is 11.7 Å². The summed E-state index contributed by atoms with van der Waals surface area (Å²) in [5, 5.41) is 0. The summed E-state index contributed by atoms with van der Waals surface area (Å²) >= 11 is 0. The number of aryl methyl sites for hydroxylation is 1. The highest BCUT2D eigenvalue weighted by Crippen LogP contribution is 2.30. The van der Waals surface area contributed by atoms with Gasteiger partial charge in [-0.25, -0.2) is 4.98 Å². The van der Waals surface area contributed by atoms with Crippen molar-refractivity contribution in [3.8, 4) is 0 Å². The second kappa shape index (κ2) is 6.53. The highest BCUT2D eigenvalue weighted by atomic mass is 15.2. The van der Waals surface area contributed by atoms with E-state index in [-0.39, 0.29) is 6.04 Å². The minimum Gasteiger partial charge on any atom is -0.333 e. The predicted octanol–water partition coefficient (Wildman–Crippen LogP) is 2.41. The Morgan fingerprint density at radius 3 is 2.89 bits per heavy atom. The third-order valence-corrected chi connectivity index (χ3v) is 4.02. The maximum atomic E-state index is 6.48. The molecule has 2 atom stereocenters. The van der Waals surface area contributed by atoms with E-state index in [9.17, 15) is 0 Å². The van der Waals surface area contributed by atoms with Gasteiger partial charge in [0.2, 0.25) is 0 Å². The highest BCUT2D eigenvalue weighted by Gasteiger charge is 2.31. The Morgan fingerprint density at radius 1 is 1.42 bits per heavy atom. The van der Waals surface area contributed by atoms with Crippen molar-refractivity contribution in [3.63, 3.8) is 0 Å². The summed E-state index contributed by atoms with van der Waals surface area (Å²) < 4.78 is 2.24. The van der Waals surface area contributed by atoms with E-state index in [1.54, 1.807) is 0 Å². The molecule has 19 heavy (non-hydrogen) atoms. The monoisotopic (exact) mass is 264 g/mol. The van der Waals surface area contributed by atoms with Crippen molar-refractivity contribution in [1.82, 2.24) is 14.5 Å². The zero-order valence-corrected chi connectivity index (χ0v) is 12.5. The average molecular weight is 264 g/mol. The van der Waals surface area contributed by atoms with E-state index in [1.807, 2.05) is 12.5 Å². The number of aromatic nitrogens is 2. The fourth-order valence-corrected chi connectivity index (χ4v) is 3.18. The van der Waals surface area contributed by atoms with Gasteiger partial charge in [-0.05, 0) is 32.2 Å².